The Morgan fingerprint density at radius 2 is 1.92 bits per heavy atom. The van der Waals surface area contributed by atoms with E-state index in [1.807, 2.05) is 26.0 Å². The molecule has 0 aliphatic heterocycles. The van der Waals surface area contributed by atoms with Crippen molar-refractivity contribution in [2.45, 2.75) is 20.8 Å². The Balaban J connectivity index is 2.08. The first-order chi connectivity index (χ1) is 12.3. The van der Waals surface area contributed by atoms with Gasteiger partial charge in [0, 0.05) is 25.6 Å². The van der Waals surface area contributed by atoms with Crippen LogP contribution in [-0.2, 0) is 4.79 Å². The lowest BCUT2D eigenvalue weighted by Gasteiger charge is -2.25. The van der Waals surface area contributed by atoms with Gasteiger partial charge in [-0.05, 0) is 49.2 Å². The van der Waals surface area contributed by atoms with E-state index in [0.717, 1.165) is 11.1 Å². The molecule has 0 aliphatic carbocycles. The third kappa shape index (κ3) is 4.76. The maximum atomic E-state index is 12.3. The van der Waals surface area contributed by atoms with Gasteiger partial charge in [0.25, 0.3) is 5.91 Å². The number of carbonyl (C=O) groups is 2. The monoisotopic (exact) mass is 374 g/mol. The second kappa shape index (κ2) is 8.72. The van der Waals surface area contributed by atoms with Crippen LogP contribution < -0.4 is 15.0 Å². The highest BCUT2D eigenvalue weighted by Gasteiger charge is 2.18. The molecule has 0 aromatic heterocycles. The van der Waals surface area contributed by atoms with Gasteiger partial charge in [-0.25, -0.2) is 0 Å². The van der Waals surface area contributed by atoms with Crippen LogP contribution in [0.15, 0.2) is 36.4 Å². The molecule has 2 aromatic carbocycles. The molecule has 0 atom stereocenters. The van der Waals surface area contributed by atoms with Gasteiger partial charge in [0.05, 0.1) is 17.8 Å². The van der Waals surface area contributed by atoms with Crippen LogP contribution in [0, 0.1) is 13.8 Å². The summed E-state index contributed by atoms with van der Waals surface area (Å²) in [6, 6.07) is 10.7. The van der Waals surface area contributed by atoms with Crippen LogP contribution in [0.5, 0.6) is 5.75 Å². The molecular formula is C20H23ClN2O3. The molecule has 26 heavy (non-hydrogen) atoms. The molecule has 6 heteroatoms. The highest BCUT2D eigenvalue weighted by atomic mass is 35.5. The standard InChI is InChI=1S/C20H23ClN2O3/c1-13-10-14(2)19(18(21)11-13)23(15(3)24)9-8-22-20(25)16-6-5-7-17(12-16)26-4/h5-7,10-12H,8-9H2,1-4H3,(H,22,25). The van der Waals surface area contributed by atoms with Gasteiger partial charge in [-0.1, -0.05) is 23.7 Å². The highest BCUT2D eigenvalue weighted by molar-refractivity contribution is 6.34. The molecule has 0 spiro atoms. The number of methoxy groups -OCH3 is 1. The number of ether oxygens (including phenoxy) is 1. The predicted molar refractivity (Wildman–Crippen MR) is 104 cm³/mol. The largest absolute Gasteiger partial charge is 0.497 e. The van der Waals surface area contributed by atoms with Crippen molar-refractivity contribution in [3.05, 3.63) is 58.1 Å². The molecule has 2 rings (SSSR count). The molecule has 2 aromatic rings. The molecule has 5 nitrogen and oxygen atoms in total. The number of benzene rings is 2. The highest BCUT2D eigenvalue weighted by Crippen LogP contribution is 2.31. The minimum Gasteiger partial charge on any atom is -0.497 e. The van der Waals surface area contributed by atoms with E-state index in [-0.39, 0.29) is 11.8 Å². The first-order valence-electron chi connectivity index (χ1n) is 8.30. The molecule has 0 aliphatic rings. The van der Waals surface area contributed by atoms with Gasteiger partial charge in [-0.2, -0.15) is 0 Å². The van der Waals surface area contributed by atoms with Crippen molar-refractivity contribution in [3.63, 3.8) is 0 Å². The van der Waals surface area contributed by atoms with Crippen LogP contribution in [0.25, 0.3) is 0 Å². The van der Waals surface area contributed by atoms with Crippen LogP contribution >= 0.6 is 11.6 Å². The molecule has 2 amide bonds. The Bertz CT molecular complexity index is 797. The van der Waals surface area contributed by atoms with Gasteiger partial charge >= 0.3 is 0 Å². The molecule has 0 saturated carbocycles. The summed E-state index contributed by atoms with van der Waals surface area (Å²) < 4.78 is 5.13. The summed E-state index contributed by atoms with van der Waals surface area (Å²) in [7, 11) is 1.55. The van der Waals surface area contributed by atoms with Crippen molar-refractivity contribution >= 4 is 29.1 Å². The molecular weight excluding hydrogens is 352 g/mol. The molecule has 0 unspecified atom stereocenters. The minimum atomic E-state index is -0.223. The van der Waals surface area contributed by atoms with Gasteiger partial charge in [0.2, 0.25) is 5.91 Å². The number of nitrogens with one attached hydrogen (secondary N) is 1. The molecule has 0 radical (unpaired) electrons. The average Bonchev–Trinajstić information content (AvgIpc) is 2.59. The van der Waals surface area contributed by atoms with Gasteiger partial charge in [0.15, 0.2) is 0 Å². The summed E-state index contributed by atoms with van der Waals surface area (Å²) >= 11 is 6.35. The van der Waals surface area contributed by atoms with Crippen LogP contribution in [0.3, 0.4) is 0 Å². The van der Waals surface area contributed by atoms with E-state index in [0.29, 0.717) is 35.1 Å². The van der Waals surface area contributed by atoms with Gasteiger partial charge in [-0.3, -0.25) is 9.59 Å². The van der Waals surface area contributed by atoms with Gasteiger partial charge < -0.3 is 15.0 Å². The van der Waals surface area contributed by atoms with Gasteiger partial charge in [0.1, 0.15) is 5.75 Å². The van der Waals surface area contributed by atoms with Crippen molar-refractivity contribution in [3.8, 4) is 5.75 Å². The number of nitrogens with zero attached hydrogens (tertiary/aromatic N) is 1. The fourth-order valence-electron chi connectivity index (χ4n) is 2.82. The number of aryl methyl sites for hydroxylation is 2. The van der Waals surface area contributed by atoms with E-state index in [4.69, 9.17) is 16.3 Å². The SMILES string of the molecule is COc1cccc(C(=O)NCCN(C(C)=O)c2c(C)cc(C)cc2Cl)c1. The third-order valence-electron chi connectivity index (χ3n) is 4.00. The molecule has 138 valence electrons. The zero-order valence-corrected chi connectivity index (χ0v) is 16.2. The zero-order valence-electron chi connectivity index (χ0n) is 15.4. The van der Waals surface area contributed by atoms with E-state index in [9.17, 15) is 9.59 Å². The van der Waals surface area contributed by atoms with Crippen LogP contribution in [0.4, 0.5) is 5.69 Å². The number of carbonyl (C=O) groups excluding carboxylic acids is 2. The lowest BCUT2D eigenvalue weighted by molar-refractivity contribution is -0.116. The van der Waals surface area contributed by atoms with Crippen molar-refractivity contribution in [1.82, 2.24) is 5.32 Å². The molecule has 0 heterocycles. The molecule has 0 saturated heterocycles. The zero-order chi connectivity index (χ0) is 19.3. The first-order valence-corrected chi connectivity index (χ1v) is 8.68. The number of hydrogen-bond donors (Lipinski definition) is 1. The normalized spacial score (nSPS) is 10.3. The van der Waals surface area contributed by atoms with Crippen molar-refractivity contribution in [2.75, 3.05) is 25.1 Å². The molecule has 0 bridgehead atoms. The smallest absolute Gasteiger partial charge is 0.251 e. The Morgan fingerprint density at radius 3 is 2.54 bits per heavy atom. The quantitative estimate of drug-likeness (QED) is 0.837. The molecule has 1 N–H and O–H groups in total. The fourth-order valence-corrected chi connectivity index (χ4v) is 3.25. The van der Waals surface area contributed by atoms with Crippen LogP contribution in [-0.4, -0.2) is 32.0 Å². The Hall–Kier alpha value is -2.53. The number of rotatable bonds is 6. The van der Waals surface area contributed by atoms with Crippen LogP contribution in [0.1, 0.15) is 28.4 Å². The number of anilines is 1. The average molecular weight is 375 g/mol. The summed E-state index contributed by atoms with van der Waals surface area (Å²) in [4.78, 5) is 26.0. The maximum absolute atomic E-state index is 12.3. The summed E-state index contributed by atoms with van der Waals surface area (Å²) in [5.41, 5.74) is 3.14. The van der Waals surface area contributed by atoms with E-state index >= 15 is 0 Å². The lowest BCUT2D eigenvalue weighted by Crippen LogP contribution is -2.38. The van der Waals surface area contributed by atoms with Crippen molar-refractivity contribution in [1.29, 1.82) is 0 Å². The summed E-state index contributed by atoms with van der Waals surface area (Å²) in [6.45, 7) is 5.99. The minimum absolute atomic E-state index is 0.130. The maximum Gasteiger partial charge on any atom is 0.251 e. The van der Waals surface area contributed by atoms with E-state index in [1.54, 1.807) is 36.3 Å². The summed E-state index contributed by atoms with van der Waals surface area (Å²) in [5.74, 6) is 0.263. The Morgan fingerprint density at radius 1 is 1.19 bits per heavy atom. The van der Waals surface area contributed by atoms with Crippen LogP contribution in [0.2, 0.25) is 5.02 Å². The summed E-state index contributed by atoms with van der Waals surface area (Å²) in [5, 5.41) is 3.35. The number of amides is 2. The second-order valence-electron chi connectivity index (χ2n) is 6.07. The first kappa shape index (κ1) is 19.8. The van der Waals surface area contributed by atoms with Gasteiger partial charge in [-0.15, -0.1) is 0 Å². The fraction of sp³-hybridized carbons (Fsp3) is 0.300. The van der Waals surface area contributed by atoms with Crippen molar-refractivity contribution < 1.29 is 14.3 Å². The topological polar surface area (TPSA) is 58.6 Å². The summed E-state index contributed by atoms with van der Waals surface area (Å²) in [6.07, 6.45) is 0. The number of hydrogen-bond acceptors (Lipinski definition) is 3. The number of halogens is 1. The second-order valence-corrected chi connectivity index (χ2v) is 6.48. The molecule has 0 fully saturated rings. The van der Waals surface area contributed by atoms with E-state index < -0.39 is 0 Å². The Kier molecular flexibility index (Phi) is 6.64. The Labute approximate surface area is 158 Å². The van der Waals surface area contributed by atoms with E-state index in [1.165, 1.54) is 6.92 Å². The van der Waals surface area contributed by atoms with Crippen molar-refractivity contribution in [2.24, 2.45) is 0 Å². The third-order valence-corrected chi connectivity index (χ3v) is 4.29. The predicted octanol–water partition coefficient (Wildman–Crippen LogP) is 3.75. The lowest BCUT2D eigenvalue weighted by atomic mass is 10.1. The van der Waals surface area contributed by atoms with E-state index in [2.05, 4.69) is 5.32 Å².